The lowest BCUT2D eigenvalue weighted by molar-refractivity contribution is 0.926. The molecule has 0 bridgehead atoms. The SMILES string of the molecule is Nc1ccc2c(CNc3nncc(-c4ccccc4Cl)n3)n[nH]c2n1. The van der Waals surface area contributed by atoms with E-state index in [0.29, 0.717) is 34.7 Å². The maximum atomic E-state index is 6.21. The van der Waals surface area contributed by atoms with Crippen LogP contribution in [0.1, 0.15) is 5.69 Å². The number of anilines is 2. The van der Waals surface area contributed by atoms with E-state index in [1.165, 1.54) is 0 Å². The molecule has 0 amide bonds. The second-order valence-electron chi connectivity index (χ2n) is 5.30. The predicted octanol–water partition coefficient (Wildman–Crippen LogP) is 2.66. The second-order valence-corrected chi connectivity index (χ2v) is 5.71. The standard InChI is InChI=1S/C16H13ClN8/c17-11-4-2-1-3-9(11)12-8-20-25-16(21-12)19-7-13-10-5-6-14(18)22-15(10)24-23-13/h1-6,8H,7H2,(H,19,21,25)(H3,18,22,23,24). The van der Waals surface area contributed by atoms with E-state index in [0.717, 1.165) is 16.6 Å². The summed E-state index contributed by atoms with van der Waals surface area (Å²) in [4.78, 5) is 8.64. The normalized spacial score (nSPS) is 10.9. The van der Waals surface area contributed by atoms with Gasteiger partial charge in [0.2, 0.25) is 5.95 Å². The Hall–Kier alpha value is -3.26. The average molecular weight is 353 g/mol. The molecule has 4 N–H and O–H groups in total. The Morgan fingerprint density at radius 1 is 1.12 bits per heavy atom. The van der Waals surface area contributed by atoms with Crippen LogP contribution in [0.3, 0.4) is 0 Å². The fourth-order valence-electron chi connectivity index (χ4n) is 2.45. The lowest BCUT2D eigenvalue weighted by atomic mass is 10.2. The fourth-order valence-corrected chi connectivity index (χ4v) is 2.68. The molecule has 25 heavy (non-hydrogen) atoms. The molecule has 3 heterocycles. The van der Waals surface area contributed by atoms with Crippen molar-refractivity contribution in [3.05, 3.63) is 53.3 Å². The molecule has 0 fully saturated rings. The van der Waals surface area contributed by atoms with Gasteiger partial charge in [-0.25, -0.2) is 9.97 Å². The smallest absolute Gasteiger partial charge is 0.243 e. The zero-order valence-electron chi connectivity index (χ0n) is 12.9. The summed E-state index contributed by atoms with van der Waals surface area (Å²) >= 11 is 6.21. The highest BCUT2D eigenvalue weighted by Gasteiger charge is 2.10. The summed E-state index contributed by atoms with van der Waals surface area (Å²) in [5, 5.41) is 19.7. The first-order chi connectivity index (χ1) is 12.2. The van der Waals surface area contributed by atoms with Crippen LogP contribution in [-0.4, -0.2) is 30.4 Å². The molecule has 0 radical (unpaired) electrons. The highest BCUT2D eigenvalue weighted by Crippen LogP contribution is 2.25. The maximum absolute atomic E-state index is 6.21. The van der Waals surface area contributed by atoms with Gasteiger partial charge < -0.3 is 11.1 Å². The summed E-state index contributed by atoms with van der Waals surface area (Å²) in [6.07, 6.45) is 1.57. The summed E-state index contributed by atoms with van der Waals surface area (Å²) in [5.74, 6) is 0.826. The molecule has 8 nitrogen and oxygen atoms in total. The Morgan fingerprint density at radius 3 is 2.88 bits per heavy atom. The lowest BCUT2D eigenvalue weighted by Gasteiger charge is -2.06. The Balaban J connectivity index is 1.57. The molecular formula is C16H13ClN8. The Labute approximate surface area is 147 Å². The number of aromatic nitrogens is 6. The van der Waals surface area contributed by atoms with Crippen molar-refractivity contribution in [1.29, 1.82) is 0 Å². The van der Waals surface area contributed by atoms with Crippen molar-refractivity contribution >= 4 is 34.4 Å². The van der Waals surface area contributed by atoms with Gasteiger partial charge in [0, 0.05) is 10.9 Å². The summed E-state index contributed by atoms with van der Waals surface area (Å²) in [6.45, 7) is 0.416. The van der Waals surface area contributed by atoms with Crippen molar-refractivity contribution in [2.24, 2.45) is 0 Å². The van der Waals surface area contributed by atoms with E-state index in [1.807, 2.05) is 24.3 Å². The zero-order valence-corrected chi connectivity index (χ0v) is 13.7. The van der Waals surface area contributed by atoms with Gasteiger partial charge in [-0.3, -0.25) is 5.10 Å². The first-order valence-corrected chi connectivity index (χ1v) is 7.86. The highest BCUT2D eigenvalue weighted by molar-refractivity contribution is 6.33. The van der Waals surface area contributed by atoms with Crippen molar-refractivity contribution in [3.8, 4) is 11.3 Å². The van der Waals surface area contributed by atoms with Crippen molar-refractivity contribution < 1.29 is 0 Å². The number of nitrogens with zero attached hydrogens (tertiary/aromatic N) is 5. The number of benzene rings is 1. The summed E-state index contributed by atoms with van der Waals surface area (Å²) in [5.41, 5.74) is 8.54. The van der Waals surface area contributed by atoms with Gasteiger partial charge in [-0.2, -0.15) is 10.2 Å². The molecule has 3 aromatic heterocycles. The third-order valence-electron chi connectivity index (χ3n) is 3.65. The number of halogens is 1. The molecule has 4 aromatic rings. The van der Waals surface area contributed by atoms with Crippen molar-refractivity contribution in [2.45, 2.75) is 6.54 Å². The quantitative estimate of drug-likeness (QED) is 0.516. The molecular weight excluding hydrogens is 340 g/mol. The molecule has 1 aromatic carbocycles. The molecule has 4 rings (SSSR count). The zero-order chi connectivity index (χ0) is 17.2. The molecule has 0 aliphatic rings. The van der Waals surface area contributed by atoms with Crippen LogP contribution in [0.4, 0.5) is 11.8 Å². The van der Waals surface area contributed by atoms with Crippen molar-refractivity contribution in [1.82, 2.24) is 30.4 Å². The molecule has 0 saturated carbocycles. The molecule has 0 spiro atoms. The molecule has 0 atom stereocenters. The molecule has 0 aliphatic heterocycles. The predicted molar refractivity (Wildman–Crippen MR) is 95.9 cm³/mol. The first kappa shape index (κ1) is 15.3. The van der Waals surface area contributed by atoms with Crippen molar-refractivity contribution in [3.63, 3.8) is 0 Å². The number of hydrogen-bond acceptors (Lipinski definition) is 7. The lowest BCUT2D eigenvalue weighted by Crippen LogP contribution is -2.06. The number of nitrogens with two attached hydrogens (primary N) is 1. The Bertz CT molecular complexity index is 1050. The summed E-state index contributed by atoms with van der Waals surface area (Å²) in [7, 11) is 0. The van der Waals surface area contributed by atoms with Gasteiger partial charge in [-0.05, 0) is 18.2 Å². The minimum absolute atomic E-state index is 0.386. The monoisotopic (exact) mass is 352 g/mol. The van der Waals surface area contributed by atoms with Crippen molar-refractivity contribution in [2.75, 3.05) is 11.1 Å². The van der Waals surface area contributed by atoms with Crippen LogP contribution in [-0.2, 0) is 6.54 Å². The maximum Gasteiger partial charge on any atom is 0.243 e. The molecule has 0 unspecified atom stereocenters. The fraction of sp³-hybridized carbons (Fsp3) is 0.0625. The van der Waals surface area contributed by atoms with Gasteiger partial charge in [-0.1, -0.05) is 29.8 Å². The largest absolute Gasteiger partial charge is 0.384 e. The van der Waals surface area contributed by atoms with E-state index in [2.05, 4.69) is 35.7 Å². The third kappa shape index (κ3) is 3.07. The second kappa shape index (κ2) is 6.33. The Kier molecular flexibility index (Phi) is 3.87. The van der Waals surface area contributed by atoms with Gasteiger partial charge in [0.05, 0.1) is 29.2 Å². The number of nitrogen functional groups attached to an aromatic ring is 1. The van der Waals surface area contributed by atoms with Crippen LogP contribution < -0.4 is 11.1 Å². The number of H-pyrrole nitrogens is 1. The van der Waals surface area contributed by atoms with Gasteiger partial charge in [0.25, 0.3) is 0 Å². The van der Waals surface area contributed by atoms with Crippen LogP contribution in [0, 0.1) is 0 Å². The summed E-state index contributed by atoms with van der Waals surface area (Å²) < 4.78 is 0. The van der Waals surface area contributed by atoms with E-state index in [9.17, 15) is 0 Å². The van der Waals surface area contributed by atoms with Crippen LogP contribution in [0.2, 0.25) is 5.02 Å². The molecule has 124 valence electrons. The number of aromatic amines is 1. The van der Waals surface area contributed by atoms with Crippen LogP contribution in [0.25, 0.3) is 22.3 Å². The van der Waals surface area contributed by atoms with Gasteiger partial charge in [0.1, 0.15) is 5.82 Å². The minimum atomic E-state index is 0.386. The number of fused-ring (bicyclic) bond motifs is 1. The van der Waals surface area contributed by atoms with Crippen LogP contribution in [0.5, 0.6) is 0 Å². The number of pyridine rings is 1. The van der Waals surface area contributed by atoms with Gasteiger partial charge in [0.15, 0.2) is 5.65 Å². The van der Waals surface area contributed by atoms with E-state index in [-0.39, 0.29) is 0 Å². The van der Waals surface area contributed by atoms with Crippen LogP contribution >= 0.6 is 11.6 Å². The van der Waals surface area contributed by atoms with E-state index >= 15 is 0 Å². The Morgan fingerprint density at radius 2 is 2.00 bits per heavy atom. The minimum Gasteiger partial charge on any atom is -0.384 e. The molecule has 0 aliphatic carbocycles. The van der Waals surface area contributed by atoms with Gasteiger partial charge >= 0.3 is 0 Å². The topological polar surface area (TPSA) is 118 Å². The first-order valence-electron chi connectivity index (χ1n) is 7.48. The number of hydrogen-bond donors (Lipinski definition) is 3. The highest BCUT2D eigenvalue weighted by atomic mass is 35.5. The van der Waals surface area contributed by atoms with E-state index < -0.39 is 0 Å². The summed E-state index contributed by atoms with van der Waals surface area (Å²) in [6, 6.07) is 11.1. The molecule has 9 heteroatoms. The average Bonchev–Trinajstić information content (AvgIpc) is 3.02. The molecule has 0 saturated heterocycles. The number of rotatable bonds is 4. The van der Waals surface area contributed by atoms with E-state index in [4.69, 9.17) is 17.3 Å². The van der Waals surface area contributed by atoms with E-state index in [1.54, 1.807) is 18.3 Å². The third-order valence-corrected chi connectivity index (χ3v) is 3.98. The van der Waals surface area contributed by atoms with Gasteiger partial charge in [-0.15, -0.1) is 5.10 Å². The van der Waals surface area contributed by atoms with Crippen LogP contribution in [0.15, 0.2) is 42.6 Å². The number of nitrogens with one attached hydrogen (secondary N) is 2.